The fourth-order valence-corrected chi connectivity index (χ4v) is 3.65. The standard InChI is InChI=1S/C25H37N3O5/c1-8-17-10-9-11-18(13-17)21(22(30)26-15(2)3)28(20-12-16(20)4)23(31)19(14-29)27-24(32)33-25(5,6)7/h8-11,13,15-16,19-21,29H,1,12,14H2,2-7H3,(H,26,30)(H,27,32). The molecule has 8 nitrogen and oxygen atoms in total. The third-order valence-corrected chi connectivity index (χ3v) is 5.27. The maximum Gasteiger partial charge on any atom is 0.408 e. The highest BCUT2D eigenvalue weighted by atomic mass is 16.6. The van der Waals surface area contributed by atoms with Crippen molar-refractivity contribution in [2.45, 2.75) is 77.7 Å². The molecule has 0 radical (unpaired) electrons. The molecule has 182 valence electrons. The first-order valence-electron chi connectivity index (χ1n) is 11.3. The van der Waals surface area contributed by atoms with Crippen molar-refractivity contribution in [3.05, 3.63) is 42.0 Å². The molecule has 33 heavy (non-hydrogen) atoms. The summed E-state index contributed by atoms with van der Waals surface area (Å²) in [5.41, 5.74) is 0.687. The molecule has 1 aliphatic carbocycles. The largest absolute Gasteiger partial charge is 0.444 e. The van der Waals surface area contributed by atoms with Gasteiger partial charge in [-0.1, -0.05) is 37.8 Å². The van der Waals surface area contributed by atoms with E-state index in [1.807, 2.05) is 39.0 Å². The predicted octanol–water partition coefficient (Wildman–Crippen LogP) is 3.02. The predicted molar refractivity (Wildman–Crippen MR) is 127 cm³/mol. The topological polar surface area (TPSA) is 108 Å². The minimum absolute atomic E-state index is 0.135. The highest BCUT2D eigenvalue weighted by molar-refractivity contribution is 5.93. The molecule has 0 bridgehead atoms. The molecule has 8 heteroatoms. The van der Waals surface area contributed by atoms with E-state index < -0.39 is 36.3 Å². The first-order valence-corrected chi connectivity index (χ1v) is 11.3. The number of nitrogens with zero attached hydrogens (tertiary/aromatic N) is 1. The molecule has 1 aromatic rings. The molecular weight excluding hydrogens is 422 g/mol. The Bertz CT molecular complexity index is 877. The van der Waals surface area contributed by atoms with Gasteiger partial charge in [0, 0.05) is 12.1 Å². The van der Waals surface area contributed by atoms with Crippen molar-refractivity contribution < 1.29 is 24.2 Å². The molecule has 3 N–H and O–H groups in total. The number of rotatable bonds is 9. The van der Waals surface area contributed by atoms with E-state index in [0.717, 1.165) is 12.0 Å². The van der Waals surface area contributed by atoms with E-state index >= 15 is 0 Å². The number of aliphatic hydroxyl groups excluding tert-OH is 1. The quantitative estimate of drug-likeness (QED) is 0.526. The van der Waals surface area contributed by atoms with E-state index in [9.17, 15) is 19.5 Å². The number of ether oxygens (including phenoxy) is 1. The molecule has 1 saturated carbocycles. The summed E-state index contributed by atoms with van der Waals surface area (Å²) in [6.07, 6.45) is 1.59. The van der Waals surface area contributed by atoms with E-state index in [1.165, 1.54) is 4.90 Å². The Morgan fingerprint density at radius 2 is 1.91 bits per heavy atom. The normalized spacial score (nSPS) is 19.3. The molecule has 2 rings (SSSR count). The lowest BCUT2D eigenvalue weighted by Gasteiger charge is -2.35. The van der Waals surface area contributed by atoms with E-state index in [0.29, 0.717) is 5.56 Å². The lowest BCUT2D eigenvalue weighted by atomic mass is 9.99. The number of alkyl carbamates (subject to hydrolysis) is 1. The third-order valence-electron chi connectivity index (χ3n) is 5.27. The first kappa shape index (κ1) is 26.4. The van der Waals surface area contributed by atoms with E-state index in [-0.39, 0.29) is 23.9 Å². The summed E-state index contributed by atoms with van der Waals surface area (Å²) in [6, 6.07) is 4.78. The zero-order valence-corrected chi connectivity index (χ0v) is 20.4. The van der Waals surface area contributed by atoms with Gasteiger partial charge in [-0.05, 0) is 64.2 Å². The van der Waals surface area contributed by atoms with Crippen LogP contribution in [0.25, 0.3) is 6.08 Å². The first-order chi connectivity index (χ1) is 15.4. The maximum absolute atomic E-state index is 13.7. The van der Waals surface area contributed by atoms with Gasteiger partial charge in [-0.2, -0.15) is 0 Å². The number of hydrogen-bond donors (Lipinski definition) is 3. The van der Waals surface area contributed by atoms with Crippen LogP contribution in [0.5, 0.6) is 0 Å². The van der Waals surface area contributed by atoms with E-state index in [1.54, 1.807) is 32.9 Å². The van der Waals surface area contributed by atoms with Crippen LogP contribution in [0.2, 0.25) is 0 Å². The Labute approximate surface area is 196 Å². The van der Waals surface area contributed by atoms with Crippen LogP contribution in [-0.4, -0.2) is 58.2 Å². The summed E-state index contributed by atoms with van der Waals surface area (Å²) < 4.78 is 5.25. The number of benzene rings is 1. The van der Waals surface area contributed by atoms with E-state index in [4.69, 9.17) is 4.74 Å². The third kappa shape index (κ3) is 7.32. The molecule has 4 atom stereocenters. The molecule has 0 spiro atoms. The molecular formula is C25H37N3O5. The van der Waals surface area contributed by atoms with Crippen molar-refractivity contribution in [3.63, 3.8) is 0 Å². The van der Waals surface area contributed by atoms with Crippen molar-refractivity contribution in [1.82, 2.24) is 15.5 Å². The van der Waals surface area contributed by atoms with Crippen LogP contribution in [0.4, 0.5) is 4.79 Å². The molecule has 1 aromatic carbocycles. The van der Waals surface area contributed by atoms with E-state index in [2.05, 4.69) is 17.2 Å². The van der Waals surface area contributed by atoms with Gasteiger partial charge in [0.15, 0.2) is 0 Å². The second-order valence-corrected chi connectivity index (χ2v) is 9.85. The van der Waals surface area contributed by atoms with Crippen molar-refractivity contribution in [3.8, 4) is 0 Å². The van der Waals surface area contributed by atoms with Gasteiger partial charge in [0.1, 0.15) is 17.7 Å². The number of nitrogens with one attached hydrogen (secondary N) is 2. The molecule has 1 aliphatic rings. The SMILES string of the molecule is C=Cc1cccc(C(C(=O)NC(C)C)N(C(=O)C(CO)NC(=O)OC(C)(C)C)C2CC2C)c1. The summed E-state index contributed by atoms with van der Waals surface area (Å²) >= 11 is 0. The van der Waals surface area contributed by atoms with Gasteiger partial charge in [0.25, 0.3) is 0 Å². The summed E-state index contributed by atoms with van der Waals surface area (Å²) in [5.74, 6) is -0.676. The Morgan fingerprint density at radius 1 is 1.27 bits per heavy atom. The summed E-state index contributed by atoms with van der Waals surface area (Å²) in [5, 5.41) is 15.3. The summed E-state index contributed by atoms with van der Waals surface area (Å²) in [6.45, 7) is 14.0. The molecule has 4 unspecified atom stereocenters. The zero-order valence-electron chi connectivity index (χ0n) is 20.4. The van der Waals surface area contributed by atoms with Crippen molar-refractivity contribution in [2.75, 3.05) is 6.61 Å². The van der Waals surface area contributed by atoms with Crippen LogP contribution in [0.15, 0.2) is 30.8 Å². The van der Waals surface area contributed by atoms with Gasteiger partial charge >= 0.3 is 6.09 Å². The van der Waals surface area contributed by atoms with Gasteiger partial charge in [-0.25, -0.2) is 4.79 Å². The fraction of sp³-hybridized carbons (Fsp3) is 0.560. The van der Waals surface area contributed by atoms with Crippen molar-refractivity contribution in [1.29, 1.82) is 0 Å². The average Bonchev–Trinajstić information content (AvgIpc) is 3.43. The van der Waals surface area contributed by atoms with Gasteiger partial charge in [-0.3, -0.25) is 9.59 Å². The second-order valence-electron chi connectivity index (χ2n) is 9.85. The number of carbonyl (C=O) groups is 3. The number of carbonyl (C=O) groups excluding carboxylic acids is 3. The molecule has 3 amide bonds. The smallest absolute Gasteiger partial charge is 0.408 e. The monoisotopic (exact) mass is 459 g/mol. The van der Waals surface area contributed by atoms with Crippen LogP contribution >= 0.6 is 0 Å². The average molecular weight is 460 g/mol. The van der Waals surface area contributed by atoms with Crippen LogP contribution in [0.1, 0.15) is 65.1 Å². The maximum atomic E-state index is 13.7. The molecule has 0 aliphatic heterocycles. The Balaban J connectivity index is 2.45. The molecule has 1 fully saturated rings. The van der Waals surface area contributed by atoms with Crippen LogP contribution in [0, 0.1) is 5.92 Å². The lowest BCUT2D eigenvalue weighted by molar-refractivity contribution is -0.144. The minimum Gasteiger partial charge on any atom is -0.444 e. The van der Waals surface area contributed by atoms with Crippen molar-refractivity contribution in [2.24, 2.45) is 5.92 Å². The second kappa shape index (κ2) is 10.8. The summed E-state index contributed by atoms with van der Waals surface area (Å²) in [7, 11) is 0. The van der Waals surface area contributed by atoms with Crippen molar-refractivity contribution >= 4 is 24.0 Å². The Morgan fingerprint density at radius 3 is 2.39 bits per heavy atom. The molecule has 0 saturated heterocycles. The number of hydrogen-bond acceptors (Lipinski definition) is 5. The molecule has 0 heterocycles. The number of aliphatic hydroxyl groups is 1. The zero-order chi connectivity index (χ0) is 24.9. The lowest BCUT2D eigenvalue weighted by Crippen LogP contribution is -2.55. The van der Waals surface area contributed by atoms with Gasteiger partial charge in [0.05, 0.1) is 6.61 Å². The fourth-order valence-electron chi connectivity index (χ4n) is 3.65. The highest BCUT2D eigenvalue weighted by Gasteiger charge is 2.48. The van der Waals surface area contributed by atoms with Gasteiger partial charge in [-0.15, -0.1) is 0 Å². The van der Waals surface area contributed by atoms with Crippen LogP contribution in [0.3, 0.4) is 0 Å². The van der Waals surface area contributed by atoms with Crippen LogP contribution in [-0.2, 0) is 14.3 Å². The van der Waals surface area contributed by atoms with Gasteiger partial charge in [0.2, 0.25) is 11.8 Å². The van der Waals surface area contributed by atoms with Crippen LogP contribution < -0.4 is 10.6 Å². The van der Waals surface area contributed by atoms with Gasteiger partial charge < -0.3 is 25.4 Å². The molecule has 0 aromatic heterocycles. The highest BCUT2D eigenvalue weighted by Crippen LogP contribution is 2.40. The Hall–Kier alpha value is -2.87. The number of amides is 3. The Kier molecular flexibility index (Phi) is 8.66. The minimum atomic E-state index is -1.25. The summed E-state index contributed by atoms with van der Waals surface area (Å²) in [4.78, 5) is 40.8.